The first kappa shape index (κ1) is 10.2. The summed E-state index contributed by atoms with van der Waals surface area (Å²) in [6.07, 6.45) is 0.859. The summed E-state index contributed by atoms with van der Waals surface area (Å²) in [5.41, 5.74) is 6.40. The number of oxazole rings is 1. The molecule has 82 valence electrons. The van der Waals surface area contributed by atoms with Gasteiger partial charge < -0.3 is 15.1 Å². The zero-order valence-electron chi connectivity index (χ0n) is 8.99. The lowest BCUT2D eigenvalue weighted by Crippen LogP contribution is -2.32. The van der Waals surface area contributed by atoms with Gasteiger partial charge in [0.15, 0.2) is 5.89 Å². The van der Waals surface area contributed by atoms with Gasteiger partial charge in [0.25, 0.3) is 5.91 Å². The van der Waals surface area contributed by atoms with Gasteiger partial charge in [0.2, 0.25) is 5.76 Å². The number of aromatic nitrogens is 1. The molecular weight excluding hydrogens is 194 g/mol. The van der Waals surface area contributed by atoms with Gasteiger partial charge in [-0.1, -0.05) is 0 Å². The Bertz CT molecular complexity index is 386. The van der Waals surface area contributed by atoms with Crippen LogP contribution in [-0.2, 0) is 0 Å². The maximum absolute atomic E-state index is 12.0. The molecule has 1 aliphatic rings. The first-order chi connectivity index (χ1) is 7.08. The van der Waals surface area contributed by atoms with Crippen LogP contribution in [0.5, 0.6) is 0 Å². The fourth-order valence-electron chi connectivity index (χ4n) is 1.85. The Morgan fingerprint density at radius 3 is 2.80 bits per heavy atom. The molecule has 2 N–H and O–H groups in total. The summed E-state index contributed by atoms with van der Waals surface area (Å²) >= 11 is 0. The first-order valence-corrected chi connectivity index (χ1v) is 5.07. The highest BCUT2D eigenvalue weighted by atomic mass is 16.4. The summed E-state index contributed by atoms with van der Waals surface area (Å²) in [6.45, 7) is 4.83. The lowest BCUT2D eigenvalue weighted by Gasteiger charge is -2.13. The molecule has 1 aliphatic heterocycles. The minimum absolute atomic E-state index is 0.0956. The van der Waals surface area contributed by atoms with Gasteiger partial charge in [-0.2, -0.15) is 0 Å². The Kier molecular flexibility index (Phi) is 2.48. The minimum atomic E-state index is -0.0962. The number of aryl methyl sites for hydroxylation is 2. The molecule has 1 saturated heterocycles. The van der Waals surface area contributed by atoms with Crippen molar-refractivity contribution in [3.05, 3.63) is 17.3 Å². The summed E-state index contributed by atoms with van der Waals surface area (Å²) in [5, 5.41) is 0. The van der Waals surface area contributed by atoms with E-state index in [1.54, 1.807) is 18.7 Å². The van der Waals surface area contributed by atoms with Crippen LogP contribution >= 0.6 is 0 Å². The fraction of sp³-hybridized carbons (Fsp3) is 0.600. The Hall–Kier alpha value is -1.36. The summed E-state index contributed by atoms with van der Waals surface area (Å²) in [4.78, 5) is 17.8. The molecule has 5 heteroatoms. The third-order valence-corrected chi connectivity index (χ3v) is 2.61. The van der Waals surface area contributed by atoms with Gasteiger partial charge in [0.05, 0.1) is 5.69 Å². The van der Waals surface area contributed by atoms with Crippen LogP contribution in [0.1, 0.15) is 28.6 Å². The zero-order valence-corrected chi connectivity index (χ0v) is 8.99. The van der Waals surface area contributed by atoms with Gasteiger partial charge in [0, 0.05) is 26.1 Å². The molecule has 0 aromatic carbocycles. The van der Waals surface area contributed by atoms with Gasteiger partial charge in [0.1, 0.15) is 0 Å². The molecule has 1 aromatic rings. The molecule has 0 aliphatic carbocycles. The Labute approximate surface area is 88.3 Å². The van der Waals surface area contributed by atoms with E-state index >= 15 is 0 Å². The number of carbonyl (C=O) groups is 1. The van der Waals surface area contributed by atoms with Crippen LogP contribution in [0.25, 0.3) is 0 Å². The van der Waals surface area contributed by atoms with Crippen LogP contribution in [0.15, 0.2) is 4.42 Å². The number of hydrogen-bond donors (Lipinski definition) is 1. The smallest absolute Gasteiger partial charge is 0.291 e. The standard InChI is InChI=1S/C10H15N3O2/c1-6-9(15-7(2)12-6)10(14)13-4-3-8(11)5-13/h8H,3-5,11H2,1-2H3. The Morgan fingerprint density at radius 1 is 1.60 bits per heavy atom. The van der Waals surface area contributed by atoms with Crippen molar-refractivity contribution >= 4 is 5.91 Å². The zero-order chi connectivity index (χ0) is 11.0. The first-order valence-electron chi connectivity index (χ1n) is 5.07. The van der Waals surface area contributed by atoms with E-state index in [2.05, 4.69) is 4.98 Å². The molecule has 0 saturated carbocycles. The van der Waals surface area contributed by atoms with Crippen molar-refractivity contribution in [3.8, 4) is 0 Å². The van der Waals surface area contributed by atoms with Gasteiger partial charge in [-0.25, -0.2) is 4.98 Å². The summed E-state index contributed by atoms with van der Waals surface area (Å²) in [7, 11) is 0. The lowest BCUT2D eigenvalue weighted by atomic mass is 10.3. The van der Waals surface area contributed by atoms with E-state index in [1.807, 2.05) is 0 Å². The van der Waals surface area contributed by atoms with Crippen molar-refractivity contribution in [1.29, 1.82) is 0 Å². The number of amides is 1. The van der Waals surface area contributed by atoms with Crippen molar-refractivity contribution < 1.29 is 9.21 Å². The van der Waals surface area contributed by atoms with Crippen molar-refractivity contribution in [3.63, 3.8) is 0 Å². The Balaban J connectivity index is 2.17. The van der Waals surface area contributed by atoms with Crippen molar-refractivity contribution in [1.82, 2.24) is 9.88 Å². The second kappa shape index (κ2) is 3.66. The average molecular weight is 209 g/mol. The van der Waals surface area contributed by atoms with Crippen molar-refractivity contribution in [2.75, 3.05) is 13.1 Å². The second-order valence-corrected chi connectivity index (χ2v) is 3.95. The Morgan fingerprint density at radius 2 is 2.33 bits per heavy atom. The van der Waals surface area contributed by atoms with E-state index in [4.69, 9.17) is 10.2 Å². The monoisotopic (exact) mass is 209 g/mol. The molecule has 2 heterocycles. The fourth-order valence-corrected chi connectivity index (χ4v) is 1.85. The van der Waals surface area contributed by atoms with Crippen molar-refractivity contribution in [2.45, 2.75) is 26.3 Å². The quantitative estimate of drug-likeness (QED) is 0.729. The molecule has 2 rings (SSSR count). The molecule has 0 radical (unpaired) electrons. The highest BCUT2D eigenvalue weighted by Crippen LogP contribution is 2.16. The van der Waals surface area contributed by atoms with Crippen LogP contribution in [0.3, 0.4) is 0 Å². The van der Waals surface area contributed by atoms with E-state index in [9.17, 15) is 4.79 Å². The normalized spacial score (nSPS) is 21.0. The maximum Gasteiger partial charge on any atom is 0.291 e. The van der Waals surface area contributed by atoms with E-state index in [0.717, 1.165) is 6.42 Å². The highest BCUT2D eigenvalue weighted by molar-refractivity contribution is 5.92. The maximum atomic E-state index is 12.0. The summed E-state index contributed by atoms with van der Waals surface area (Å²) < 4.78 is 5.28. The van der Waals surface area contributed by atoms with Crippen LogP contribution in [-0.4, -0.2) is 34.9 Å². The topological polar surface area (TPSA) is 72.4 Å². The lowest BCUT2D eigenvalue weighted by molar-refractivity contribution is 0.0757. The van der Waals surface area contributed by atoms with Gasteiger partial charge >= 0.3 is 0 Å². The largest absolute Gasteiger partial charge is 0.436 e. The van der Waals surface area contributed by atoms with E-state index in [0.29, 0.717) is 30.4 Å². The molecule has 5 nitrogen and oxygen atoms in total. The summed E-state index contributed by atoms with van der Waals surface area (Å²) in [5.74, 6) is 0.780. The molecule has 0 bridgehead atoms. The van der Waals surface area contributed by atoms with Crippen LogP contribution < -0.4 is 5.73 Å². The van der Waals surface area contributed by atoms with Crippen molar-refractivity contribution in [2.24, 2.45) is 5.73 Å². The highest BCUT2D eigenvalue weighted by Gasteiger charge is 2.28. The second-order valence-electron chi connectivity index (χ2n) is 3.95. The average Bonchev–Trinajstić information content (AvgIpc) is 2.71. The number of nitrogens with zero attached hydrogens (tertiary/aromatic N) is 2. The SMILES string of the molecule is Cc1nc(C)c(C(=O)N2CCC(N)C2)o1. The van der Waals surface area contributed by atoms with E-state index in [-0.39, 0.29) is 11.9 Å². The van der Waals surface area contributed by atoms with Gasteiger partial charge in [-0.15, -0.1) is 0 Å². The van der Waals surface area contributed by atoms with Crippen LogP contribution in [0.4, 0.5) is 0 Å². The minimum Gasteiger partial charge on any atom is -0.436 e. The molecule has 0 spiro atoms. The predicted octanol–water partition coefficient (Wildman–Crippen LogP) is 0.465. The summed E-state index contributed by atoms with van der Waals surface area (Å²) in [6, 6.07) is 0.0956. The molecule has 1 aromatic heterocycles. The number of rotatable bonds is 1. The number of hydrogen-bond acceptors (Lipinski definition) is 4. The van der Waals surface area contributed by atoms with Crippen LogP contribution in [0, 0.1) is 13.8 Å². The molecule has 1 amide bonds. The molecule has 1 unspecified atom stereocenters. The number of nitrogens with two attached hydrogens (primary N) is 1. The number of carbonyl (C=O) groups excluding carboxylic acids is 1. The van der Waals surface area contributed by atoms with Gasteiger partial charge in [-0.3, -0.25) is 4.79 Å². The third kappa shape index (κ3) is 1.87. The van der Waals surface area contributed by atoms with E-state index < -0.39 is 0 Å². The number of likely N-dealkylation sites (tertiary alicyclic amines) is 1. The predicted molar refractivity (Wildman–Crippen MR) is 54.5 cm³/mol. The van der Waals surface area contributed by atoms with E-state index in [1.165, 1.54) is 0 Å². The molecule has 1 atom stereocenters. The molecule has 15 heavy (non-hydrogen) atoms. The van der Waals surface area contributed by atoms with Gasteiger partial charge in [-0.05, 0) is 13.3 Å². The van der Waals surface area contributed by atoms with Crippen LogP contribution in [0.2, 0.25) is 0 Å². The molecular formula is C10H15N3O2. The third-order valence-electron chi connectivity index (χ3n) is 2.61. The molecule has 1 fully saturated rings.